The molecule has 0 aliphatic carbocycles. The lowest BCUT2D eigenvalue weighted by Crippen LogP contribution is -2.88. The van der Waals surface area contributed by atoms with Gasteiger partial charge in [-0.25, -0.2) is 0 Å². The van der Waals surface area contributed by atoms with E-state index in [9.17, 15) is 34.5 Å². The number of ketones is 4. The zero-order valence-electron chi connectivity index (χ0n) is 16.4. The van der Waals surface area contributed by atoms with E-state index < -0.39 is 84.7 Å². The van der Waals surface area contributed by atoms with Crippen molar-refractivity contribution in [3.05, 3.63) is 0 Å². The van der Waals surface area contributed by atoms with Gasteiger partial charge < -0.3 is 25.8 Å². The fourth-order valence-corrected chi connectivity index (χ4v) is 3.44. The number of ether oxygens (including phenoxy) is 1. The second-order valence-corrected chi connectivity index (χ2v) is 6.23. The number of halogens is 1. The smallest absolute Gasteiger partial charge is 0.190 e. The Hall–Kier alpha value is -1.04. The van der Waals surface area contributed by atoms with Crippen LogP contribution in [-0.2, 0) is 23.9 Å². The van der Waals surface area contributed by atoms with Gasteiger partial charge >= 0.3 is 0 Å². The van der Waals surface area contributed by atoms with Crippen LogP contribution in [0.2, 0.25) is 0 Å². The second kappa shape index (κ2) is 6.36. The first-order valence-electron chi connectivity index (χ1n) is 9.19. The molecule has 0 radical (unpaired) electrons. The van der Waals surface area contributed by atoms with Gasteiger partial charge in [0.15, 0.2) is 39.9 Å². The Morgan fingerprint density at radius 1 is 1.12 bits per heavy atom. The van der Waals surface area contributed by atoms with Crippen LogP contribution in [0.1, 0.15) is 33.1 Å². The largest absolute Gasteiger partial charge is 0.382 e. The molecule has 0 amide bonds. The fourth-order valence-electron chi connectivity index (χ4n) is 2.62. The molecule has 0 bridgehead atoms. The first-order valence-corrected chi connectivity index (χ1v) is 7.28. The van der Waals surface area contributed by atoms with Crippen molar-refractivity contribution in [1.82, 2.24) is 0 Å². The van der Waals surface area contributed by atoms with Crippen LogP contribution in [0.4, 0.5) is 0 Å². The van der Waals surface area contributed by atoms with Gasteiger partial charge in [-0.05, 0) is 27.6 Å². The minimum Gasteiger partial charge on any atom is -0.382 e. The molecule has 9 nitrogen and oxygen atoms in total. The van der Waals surface area contributed by atoms with Gasteiger partial charge in [0.1, 0.15) is 17.2 Å². The molecule has 0 saturated carbocycles. The third-order valence-electron chi connectivity index (χ3n) is 4.09. The standard InChI is InChI=1S/C14H20BrNO8/c1-5(17)9(21)10-13(22,7(3)19)14(23,8(4)20)12(16,6(2)18)11(15)24-10/h9-11,21-23H,16H2,1-4H3/t9?,10-,11?,12+,13-,14-/m1/s1/i1D,2D,3D,4D. The highest BCUT2D eigenvalue weighted by Gasteiger charge is 2.77. The van der Waals surface area contributed by atoms with Crippen molar-refractivity contribution in [2.75, 3.05) is 0 Å². The van der Waals surface area contributed by atoms with Crippen molar-refractivity contribution in [2.24, 2.45) is 5.73 Å². The van der Waals surface area contributed by atoms with E-state index in [1.165, 1.54) is 0 Å². The van der Waals surface area contributed by atoms with E-state index in [1.807, 2.05) is 0 Å². The highest BCUT2D eigenvalue weighted by molar-refractivity contribution is 9.09. The van der Waals surface area contributed by atoms with Gasteiger partial charge in [0.2, 0.25) is 0 Å². The number of nitrogens with two attached hydrogens (primary N) is 1. The normalized spacial score (nSPS) is 42.9. The predicted molar refractivity (Wildman–Crippen MR) is 83.1 cm³/mol. The quantitative estimate of drug-likeness (QED) is 0.372. The summed E-state index contributed by atoms with van der Waals surface area (Å²) in [7, 11) is 0. The van der Waals surface area contributed by atoms with Gasteiger partial charge in [0.05, 0.1) is 0 Å². The van der Waals surface area contributed by atoms with Crippen LogP contribution in [0.5, 0.6) is 0 Å². The maximum absolute atomic E-state index is 12.5. The third kappa shape index (κ3) is 2.40. The number of hydrogen-bond acceptors (Lipinski definition) is 9. The molecule has 10 heteroatoms. The molecule has 1 heterocycles. The van der Waals surface area contributed by atoms with E-state index in [2.05, 4.69) is 15.9 Å². The number of aliphatic hydroxyl groups excluding tert-OH is 1. The molecule has 1 aliphatic rings. The van der Waals surface area contributed by atoms with Crippen molar-refractivity contribution >= 4 is 39.1 Å². The number of rotatable bonds is 5. The highest BCUT2D eigenvalue weighted by Crippen LogP contribution is 2.47. The summed E-state index contributed by atoms with van der Waals surface area (Å²) >= 11 is 2.76. The molecule has 24 heavy (non-hydrogen) atoms. The summed E-state index contributed by atoms with van der Waals surface area (Å²) in [6.07, 6.45) is -4.82. The molecule has 1 fully saturated rings. The van der Waals surface area contributed by atoms with Crippen LogP contribution >= 0.6 is 15.9 Å². The van der Waals surface area contributed by atoms with Crippen molar-refractivity contribution in [3.63, 3.8) is 0 Å². The lowest BCUT2D eigenvalue weighted by molar-refractivity contribution is -0.275. The number of carbonyl (C=O) groups excluding carboxylic acids is 4. The van der Waals surface area contributed by atoms with Crippen molar-refractivity contribution in [2.45, 2.75) is 61.6 Å². The van der Waals surface area contributed by atoms with Crippen LogP contribution in [0.25, 0.3) is 0 Å². The van der Waals surface area contributed by atoms with E-state index in [0.717, 1.165) is 0 Å². The van der Waals surface area contributed by atoms with E-state index >= 15 is 0 Å². The van der Waals surface area contributed by atoms with Crippen molar-refractivity contribution < 1.29 is 44.7 Å². The molecular formula is C14H20BrNO8. The fraction of sp³-hybridized carbons (Fsp3) is 0.714. The van der Waals surface area contributed by atoms with Crippen LogP contribution in [-0.4, -0.2) is 72.4 Å². The number of Topliss-reactive ketones (excluding diaryl/α,β-unsaturated/α-hetero) is 4. The van der Waals surface area contributed by atoms with Crippen LogP contribution < -0.4 is 5.73 Å². The van der Waals surface area contributed by atoms with Gasteiger partial charge in [-0.2, -0.15) is 0 Å². The Labute approximate surface area is 151 Å². The van der Waals surface area contributed by atoms with E-state index in [1.54, 1.807) is 0 Å². The number of aliphatic hydroxyl groups is 3. The molecule has 1 rings (SSSR count). The first kappa shape index (κ1) is 15.2. The molecule has 6 atom stereocenters. The summed E-state index contributed by atoms with van der Waals surface area (Å²) in [4.78, 5) is 49.2. The molecule has 0 aromatic heterocycles. The molecule has 2 unspecified atom stereocenters. The Morgan fingerprint density at radius 3 is 2.12 bits per heavy atom. The summed E-state index contributed by atoms with van der Waals surface area (Å²) in [6.45, 7) is -4.73. The van der Waals surface area contributed by atoms with Crippen LogP contribution in [0, 0.1) is 0 Å². The average Bonchev–Trinajstić information content (AvgIpc) is 2.71. The SMILES string of the molecule is [2H]CC(=O)C(O)[C@H]1OC(Br)[C@@](N)(C(=O)C[2H])[C@](O)(C(=O)C[2H])[C@@]1(O)C(=O)C[2H]. The molecule has 136 valence electrons. The maximum atomic E-state index is 12.5. The molecule has 0 aromatic carbocycles. The summed E-state index contributed by atoms with van der Waals surface area (Å²) in [5, 5.41) is 30.6. The lowest BCUT2D eigenvalue weighted by Gasteiger charge is -2.58. The Bertz CT molecular complexity index is 684. The van der Waals surface area contributed by atoms with E-state index in [4.69, 9.17) is 16.0 Å². The van der Waals surface area contributed by atoms with Crippen molar-refractivity contribution in [1.29, 1.82) is 0 Å². The Kier molecular flexibility index (Phi) is 4.03. The molecule has 0 spiro atoms. The molecule has 1 saturated heterocycles. The van der Waals surface area contributed by atoms with Gasteiger partial charge in [0.25, 0.3) is 0 Å². The molecular weight excluding hydrogens is 390 g/mol. The Morgan fingerprint density at radius 2 is 1.67 bits per heavy atom. The van der Waals surface area contributed by atoms with E-state index in [-0.39, 0.29) is 0 Å². The van der Waals surface area contributed by atoms with Gasteiger partial charge in [0, 0.05) is 5.48 Å². The summed E-state index contributed by atoms with van der Waals surface area (Å²) in [6, 6.07) is 0. The summed E-state index contributed by atoms with van der Waals surface area (Å²) in [5.41, 5.74) is -4.32. The molecule has 0 aromatic rings. The molecule has 1 aliphatic heterocycles. The predicted octanol–water partition coefficient (Wildman–Crippen LogP) is -2.02. The van der Waals surface area contributed by atoms with E-state index in [0.29, 0.717) is 0 Å². The Balaban J connectivity index is 3.94. The minimum atomic E-state index is -3.63. The summed E-state index contributed by atoms with van der Waals surface area (Å²) in [5.74, 6) is -5.90. The third-order valence-corrected chi connectivity index (χ3v) is 5.03. The minimum absolute atomic E-state index is 1.02. The molecule has 5 N–H and O–H groups in total. The number of carbonyl (C=O) groups is 4. The first-order chi connectivity index (χ1) is 12.9. The van der Waals surface area contributed by atoms with Gasteiger partial charge in [-0.1, -0.05) is 15.9 Å². The average molecular weight is 414 g/mol. The zero-order valence-corrected chi connectivity index (χ0v) is 14.0. The maximum Gasteiger partial charge on any atom is 0.190 e. The number of alkyl halides is 1. The van der Waals surface area contributed by atoms with Crippen molar-refractivity contribution in [3.8, 4) is 0 Å². The number of hydrogen-bond donors (Lipinski definition) is 4. The zero-order chi connectivity index (χ0) is 22.1. The highest BCUT2D eigenvalue weighted by atomic mass is 79.9. The second-order valence-electron chi connectivity index (χ2n) is 5.40. The monoisotopic (exact) mass is 413 g/mol. The van der Waals surface area contributed by atoms with Gasteiger partial charge in [-0.3, -0.25) is 19.2 Å². The van der Waals surface area contributed by atoms with Gasteiger partial charge in [-0.15, -0.1) is 0 Å². The van der Waals surface area contributed by atoms with Crippen LogP contribution in [0.15, 0.2) is 0 Å². The summed E-state index contributed by atoms with van der Waals surface area (Å²) < 4.78 is 33.9. The topological polar surface area (TPSA) is 164 Å². The lowest BCUT2D eigenvalue weighted by atomic mass is 9.59. The van der Waals surface area contributed by atoms with Crippen LogP contribution in [0.3, 0.4) is 0 Å².